The van der Waals surface area contributed by atoms with Crippen LogP contribution in [0, 0.1) is 0 Å². The molecule has 23 heavy (non-hydrogen) atoms. The van der Waals surface area contributed by atoms with Crippen LogP contribution in [-0.4, -0.2) is 113 Å². The molecule has 7 nitrogen and oxygen atoms in total. The van der Waals surface area contributed by atoms with Crippen molar-refractivity contribution in [2.75, 3.05) is 86.2 Å². The molecule has 2 fully saturated rings. The van der Waals surface area contributed by atoms with Crippen LogP contribution in [0.5, 0.6) is 0 Å². The molecule has 2 N–H and O–H groups in total. The first-order valence-electron chi connectivity index (χ1n) is 8.90. The molecule has 0 aromatic carbocycles. The number of morpholine rings is 1. The van der Waals surface area contributed by atoms with Gasteiger partial charge in [0.2, 0.25) is 0 Å². The van der Waals surface area contributed by atoms with Gasteiger partial charge >= 0.3 is 0 Å². The van der Waals surface area contributed by atoms with Gasteiger partial charge in [0, 0.05) is 58.4 Å². The molecule has 0 aliphatic carbocycles. The summed E-state index contributed by atoms with van der Waals surface area (Å²) in [6.45, 7) is 13.0. The number of likely N-dealkylation sites (N-methyl/N-ethyl adjacent to an activating group) is 2. The maximum Gasteiger partial charge on any atom is 0.191 e. The standard InChI is InChI=1S/C16H34N6O/c1-4-17-16(18-5-6-22-9-11-23-12-10-22)19-13-15-14-20(2)7-8-21(15)3/h15H,4-14H2,1-3H3,(H2,17,18,19). The van der Waals surface area contributed by atoms with E-state index in [0.29, 0.717) is 6.04 Å². The summed E-state index contributed by atoms with van der Waals surface area (Å²) in [5.74, 6) is 0.933. The normalized spacial score (nSPS) is 25.5. The zero-order chi connectivity index (χ0) is 16.5. The molecule has 2 rings (SSSR count). The molecule has 134 valence electrons. The molecular weight excluding hydrogens is 292 g/mol. The Balaban J connectivity index is 1.74. The van der Waals surface area contributed by atoms with E-state index in [4.69, 9.17) is 9.73 Å². The lowest BCUT2D eigenvalue weighted by atomic mass is 10.2. The van der Waals surface area contributed by atoms with Crippen molar-refractivity contribution in [3.05, 3.63) is 0 Å². The number of aliphatic imine (C=N–C) groups is 1. The predicted octanol–water partition coefficient (Wildman–Crippen LogP) is -0.880. The lowest BCUT2D eigenvalue weighted by Gasteiger charge is -2.37. The number of nitrogens with one attached hydrogen (secondary N) is 2. The summed E-state index contributed by atoms with van der Waals surface area (Å²) >= 11 is 0. The fraction of sp³-hybridized carbons (Fsp3) is 0.938. The Morgan fingerprint density at radius 1 is 1.13 bits per heavy atom. The van der Waals surface area contributed by atoms with E-state index in [1.165, 1.54) is 0 Å². The summed E-state index contributed by atoms with van der Waals surface area (Å²) in [6, 6.07) is 0.503. The van der Waals surface area contributed by atoms with E-state index in [2.05, 4.69) is 46.4 Å². The van der Waals surface area contributed by atoms with E-state index >= 15 is 0 Å². The van der Waals surface area contributed by atoms with Crippen LogP contribution in [0.3, 0.4) is 0 Å². The molecule has 2 saturated heterocycles. The first kappa shape index (κ1) is 18.4. The smallest absolute Gasteiger partial charge is 0.191 e. The van der Waals surface area contributed by atoms with E-state index in [0.717, 1.165) is 78.1 Å². The van der Waals surface area contributed by atoms with Crippen LogP contribution >= 0.6 is 0 Å². The van der Waals surface area contributed by atoms with Crippen molar-refractivity contribution in [1.29, 1.82) is 0 Å². The van der Waals surface area contributed by atoms with Crippen molar-refractivity contribution < 1.29 is 4.74 Å². The second-order valence-corrected chi connectivity index (χ2v) is 6.50. The van der Waals surface area contributed by atoms with Crippen LogP contribution < -0.4 is 10.6 Å². The van der Waals surface area contributed by atoms with Crippen molar-refractivity contribution in [3.8, 4) is 0 Å². The van der Waals surface area contributed by atoms with E-state index < -0.39 is 0 Å². The fourth-order valence-corrected chi connectivity index (χ4v) is 2.99. The third-order valence-electron chi connectivity index (χ3n) is 4.61. The Hall–Kier alpha value is -0.890. The average Bonchev–Trinajstić information content (AvgIpc) is 2.56. The van der Waals surface area contributed by atoms with Crippen molar-refractivity contribution in [2.45, 2.75) is 13.0 Å². The molecule has 2 heterocycles. The quantitative estimate of drug-likeness (QED) is 0.488. The molecule has 0 aromatic rings. The number of guanidine groups is 1. The van der Waals surface area contributed by atoms with Gasteiger partial charge in [-0.05, 0) is 21.0 Å². The summed E-state index contributed by atoms with van der Waals surface area (Å²) in [7, 11) is 4.39. The number of nitrogens with zero attached hydrogens (tertiary/aromatic N) is 4. The Bertz CT molecular complexity index is 358. The SMILES string of the molecule is CCNC(=NCC1CN(C)CCN1C)NCCN1CCOCC1. The summed E-state index contributed by atoms with van der Waals surface area (Å²) in [6.07, 6.45) is 0. The Morgan fingerprint density at radius 2 is 1.91 bits per heavy atom. The van der Waals surface area contributed by atoms with Crippen molar-refractivity contribution in [3.63, 3.8) is 0 Å². The van der Waals surface area contributed by atoms with Gasteiger partial charge in [-0.2, -0.15) is 0 Å². The monoisotopic (exact) mass is 326 g/mol. The summed E-state index contributed by atoms with van der Waals surface area (Å²) in [5.41, 5.74) is 0. The fourth-order valence-electron chi connectivity index (χ4n) is 2.99. The van der Waals surface area contributed by atoms with Crippen LogP contribution in [0.1, 0.15) is 6.92 Å². The number of piperazine rings is 1. The van der Waals surface area contributed by atoms with E-state index in [9.17, 15) is 0 Å². The molecule has 2 aliphatic heterocycles. The third-order valence-corrected chi connectivity index (χ3v) is 4.61. The molecule has 1 unspecified atom stereocenters. The molecule has 0 bridgehead atoms. The molecule has 1 atom stereocenters. The lowest BCUT2D eigenvalue weighted by molar-refractivity contribution is 0.0389. The minimum Gasteiger partial charge on any atom is -0.379 e. The third kappa shape index (κ3) is 6.63. The van der Waals surface area contributed by atoms with Gasteiger partial charge in [-0.3, -0.25) is 14.8 Å². The first-order chi connectivity index (χ1) is 11.2. The number of hydrogen-bond donors (Lipinski definition) is 2. The maximum atomic E-state index is 5.38. The summed E-state index contributed by atoms with van der Waals surface area (Å²) in [5, 5.41) is 6.81. The minimum absolute atomic E-state index is 0.503. The highest BCUT2D eigenvalue weighted by molar-refractivity contribution is 5.79. The molecule has 0 radical (unpaired) electrons. The van der Waals surface area contributed by atoms with Gasteiger partial charge in [0.1, 0.15) is 0 Å². The minimum atomic E-state index is 0.503. The van der Waals surface area contributed by atoms with Crippen LogP contribution in [-0.2, 0) is 4.74 Å². The highest BCUT2D eigenvalue weighted by atomic mass is 16.5. The average molecular weight is 326 g/mol. The van der Waals surface area contributed by atoms with Crippen molar-refractivity contribution in [2.24, 2.45) is 4.99 Å². The van der Waals surface area contributed by atoms with Crippen LogP contribution in [0.2, 0.25) is 0 Å². The van der Waals surface area contributed by atoms with Gasteiger partial charge in [-0.25, -0.2) is 0 Å². The highest BCUT2D eigenvalue weighted by Gasteiger charge is 2.21. The second kappa shape index (κ2) is 10.1. The Morgan fingerprint density at radius 3 is 2.65 bits per heavy atom. The molecule has 0 amide bonds. The highest BCUT2D eigenvalue weighted by Crippen LogP contribution is 2.06. The summed E-state index contributed by atoms with van der Waals surface area (Å²) in [4.78, 5) is 12.0. The van der Waals surface area contributed by atoms with Crippen LogP contribution in [0.15, 0.2) is 4.99 Å². The van der Waals surface area contributed by atoms with Gasteiger partial charge < -0.3 is 20.3 Å². The molecular formula is C16H34N6O. The van der Waals surface area contributed by atoms with Gasteiger partial charge in [0.25, 0.3) is 0 Å². The molecule has 0 spiro atoms. The van der Waals surface area contributed by atoms with E-state index in [1.807, 2.05) is 0 Å². The zero-order valence-electron chi connectivity index (χ0n) is 15.1. The van der Waals surface area contributed by atoms with Crippen molar-refractivity contribution >= 4 is 5.96 Å². The molecule has 7 heteroatoms. The number of hydrogen-bond acceptors (Lipinski definition) is 5. The van der Waals surface area contributed by atoms with Crippen LogP contribution in [0.4, 0.5) is 0 Å². The van der Waals surface area contributed by atoms with Crippen LogP contribution in [0.25, 0.3) is 0 Å². The van der Waals surface area contributed by atoms with Gasteiger partial charge in [0.05, 0.1) is 19.8 Å². The van der Waals surface area contributed by atoms with E-state index in [1.54, 1.807) is 0 Å². The van der Waals surface area contributed by atoms with Gasteiger partial charge in [-0.15, -0.1) is 0 Å². The Labute approximate surface area is 141 Å². The first-order valence-corrected chi connectivity index (χ1v) is 8.90. The van der Waals surface area contributed by atoms with Gasteiger partial charge in [0.15, 0.2) is 5.96 Å². The zero-order valence-corrected chi connectivity index (χ0v) is 15.1. The largest absolute Gasteiger partial charge is 0.379 e. The molecule has 2 aliphatic rings. The predicted molar refractivity (Wildman–Crippen MR) is 95.2 cm³/mol. The topological polar surface area (TPSA) is 55.4 Å². The number of rotatable bonds is 6. The summed E-state index contributed by atoms with van der Waals surface area (Å²) < 4.78 is 5.38. The second-order valence-electron chi connectivity index (χ2n) is 6.50. The lowest BCUT2D eigenvalue weighted by Crippen LogP contribution is -2.51. The van der Waals surface area contributed by atoms with Gasteiger partial charge in [-0.1, -0.05) is 0 Å². The van der Waals surface area contributed by atoms with E-state index in [-0.39, 0.29) is 0 Å². The van der Waals surface area contributed by atoms with Crippen molar-refractivity contribution in [1.82, 2.24) is 25.3 Å². The Kier molecular flexibility index (Phi) is 8.08. The molecule has 0 saturated carbocycles. The number of ether oxygens (including phenoxy) is 1. The maximum absolute atomic E-state index is 5.38. The molecule has 0 aromatic heterocycles.